The second-order valence-corrected chi connectivity index (χ2v) is 7.41. The molecule has 0 fully saturated rings. The number of carbonyl (C=O) groups is 1. The van der Waals surface area contributed by atoms with Gasteiger partial charge in [-0.05, 0) is 0 Å². The van der Waals surface area contributed by atoms with Crippen molar-refractivity contribution in [2.75, 3.05) is 20.4 Å². The molecule has 2 aromatic heterocycles. The minimum Gasteiger partial charge on any atom is -0.314 e. The van der Waals surface area contributed by atoms with Gasteiger partial charge in [0.05, 0.1) is 6.20 Å². The normalized spacial score (nSPS) is 12.3. The number of hydrogen-bond donors (Lipinski definition) is 0. The lowest BCUT2D eigenvalue weighted by atomic mass is 10.2. The van der Waals surface area contributed by atoms with Gasteiger partial charge >= 0.3 is 7.60 Å². The first kappa shape index (κ1) is 16.7. The van der Waals surface area contributed by atoms with E-state index in [4.69, 9.17) is 9.05 Å². The zero-order chi connectivity index (χ0) is 16.5. The Morgan fingerprint density at radius 3 is 2.50 bits per heavy atom. The molecule has 120 valence electrons. The van der Waals surface area contributed by atoms with E-state index in [9.17, 15) is 9.36 Å². The maximum absolute atomic E-state index is 12.2. The van der Waals surface area contributed by atoms with E-state index < -0.39 is 13.4 Å². The molecule has 0 atom stereocenters. The Balaban J connectivity index is 2.39. The van der Waals surface area contributed by atoms with Gasteiger partial charge in [0.1, 0.15) is 17.7 Å². The summed E-state index contributed by atoms with van der Waals surface area (Å²) < 4.78 is 23.4. The molecule has 2 aromatic rings. The number of aryl methyl sites for hydroxylation is 1. The maximum atomic E-state index is 12.2. The van der Waals surface area contributed by atoms with Gasteiger partial charge in [0.2, 0.25) is 0 Å². The fraction of sp³-hybridized carbons (Fsp3) is 0.538. The highest BCUT2D eigenvalue weighted by molar-refractivity contribution is 7.54. The summed E-state index contributed by atoms with van der Waals surface area (Å²) in [4.78, 5) is 25.1. The van der Waals surface area contributed by atoms with Gasteiger partial charge in [0.25, 0.3) is 0 Å². The summed E-state index contributed by atoms with van der Waals surface area (Å²) in [6.45, 7) is 4.03. The number of aromatic nitrogens is 4. The predicted octanol–water partition coefficient (Wildman–Crippen LogP) is 2.16. The summed E-state index contributed by atoms with van der Waals surface area (Å²) in [5.74, 6) is 0.593. The molecule has 0 saturated carbocycles. The molecule has 2 heterocycles. The van der Waals surface area contributed by atoms with Crippen molar-refractivity contribution in [3.05, 3.63) is 17.7 Å². The van der Waals surface area contributed by atoms with Gasteiger partial charge in [0, 0.05) is 27.2 Å². The summed E-state index contributed by atoms with van der Waals surface area (Å²) in [7, 11) is 0.874. The molecule has 8 nitrogen and oxygen atoms in total. The quantitative estimate of drug-likeness (QED) is 0.592. The SMILES string of the molecule is COP(=O)(CC(=O)c1cnc2nc(C(C)C)n(C)c2n1)OC. The zero-order valence-electron chi connectivity index (χ0n) is 13.2. The average molecular weight is 326 g/mol. The lowest BCUT2D eigenvalue weighted by Crippen LogP contribution is -2.11. The molecule has 0 saturated heterocycles. The van der Waals surface area contributed by atoms with E-state index in [0.29, 0.717) is 11.3 Å². The summed E-state index contributed by atoms with van der Waals surface area (Å²) in [6, 6.07) is 0. The Hall–Kier alpha value is -1.63. The van der Waals surface area contributed by atoms with Crippen LogP contribution in [-0.4, -0.2) is 45.7 Å². The summed E-state index contributed by atoms with van der Waals surface area (Å²) >= 11 is 0. The Morgan fingerprint density at radius 2 is 1.95 bits per heavy atom. The largest absolute Gasteiger partial charge is 0.337 e. The number of rotatable bonds is 6. The predicted molar refractivity (Wildman–Crippen MR) is 81.2 cm³/mol. The molecule has 0 radical (unpaired) electrons. The molecule has 0 aliphatic rings. The first-order valence-corrected chi connectivity index (χ1v) is 8.47. The van der Waals surface area contributed by atoms with Crippen LogP contribution >= 0.6 is 7.60 Å². The number of fused-ring (bicyclic) bond motifs is 1. The van der Waals surface area contributed by atoms with Crippen LogP contribution < -0.4 is 0 Å². The molecule has 2 rings (SSSR count). The van der Waals surface area contributed by atoms with Gasteiger partial charge in [-0.2, -0.15) is 0 Å². The van der Waals surface area contributed by atoms with Crippen molar-refractivity contribution in [3.8, 4) is 0 Å². The fourth-order valence-electron chi connectivity index (χ4n) is 2.08. The van der Waals surface area contributed by atoms with E-state index in [-0.39, 0.29) is 17.8 Å². The standard InChI is InChI=1S/C13H19N4O4P/c1-8(2)12-16-11-13(17(12)3)15-9(6-14-11)10(18)7-22(19,20-4)21-5/h6,8H,7H2,1-5H3. The molecule has 0 aliphatic carbocycles. The van der Waals surface area contributed by atoms with Crippen LogP contribution in [-0.2, 0) is 20.7 Å². The average Bonchev–Trinajstić information content (AvgIpc) is 2.84. The molecule has 0 spiro atoms. The van der Waals surface area contributed by atoms with E-state index in [0.717, 1.165) is 5.82 Å². The topological polar surface area (TPSA) is 96.2 Å². The minimum atomic E-state index is -3.43. The van der Waals surface area contributed by atoms with Gasteiger partial charge in [-0.25, -0.2) is 15.0 Å². The number of carbonyl (C=O) groups excluding carboxylic acids is 1. The molecule has 0 aliphatic heterocycles. The van der Waals surface area contributed by atoms with Crippen LogP contribution in [0.2, 0.25) is 0 Å². The van der Waals surface area contributed by atoms with Gasteiger partial charge in [-0.15, -0.1) is 0 Å². The van der Waals surface area contributed by atoms with Crippen LogP contribution in [0.5, 0.6) is 0 Å². The van der Waals surface area contributed by atoms with Gasteiger partial charge in [-0.1, -0.05) is 13.8 Å². The molecule has 0 N–H and O–H groups in total. The van der Waals surface area contributed by atoms with Crippen LogP contribution in [0.15, 0.2) is 6.20 Å². The van der Waals surface area contributed by atoms with Crippen LogP contribution in [0.1, 0.15) is 36.1 Å². The molecule has 0 unspecified atom stereocenters. The minimum absolute atomic E-state index is 0.111. The lowest BCUT2D eigenvalue weighted by molar-refractivity contribution is 0.100. The number of ketones is 1. The molecule has 9 heteroatoms. The Labute approximate surface area is 128 Å². The summed E-state index contributed by atoms with van der Waals surface area (Å²) in [6.07, 6.45) is 0.951. The number of Topliss-reactive ketones (excluding diaryl/α,β-unsaturated/α-hetero) is 1. The van der Waals surface area contributed by atoms with E-state index in [1.807, 2.05) is 20.9 Å². The first-order valence-electron chi connectivity index (χ1n) is 6.74. The van der Waals surface area contributed by atoms with Crippen molar-refractivity contribution in [1.29, 1.82) is 0 Å². The number of imidazole rings is 1. The Kier molecular flexibility index (Phi) is 4.75. The van der Waals surface area contributed by atoms with E-state index in [1.165, 1.54) is 20.4 Å². The molecular weight excluding hydrogens is 307 g/mol. The Morgan fingerprint density at radius 1 is 1.32 bits per heavy atom. The van der Waals surface area contributed by atoms with E-state index in [1.54, 1.807) is 4.57 Å². The Bertz CT molecular complexity index is 748. The molecule has 0 aromatic carbocycles. The highest BCUT2D eigenvalue weighted by Gasteiger charge is 2.27. The second kappa shape index (κ2) is 6.24. The van der Waals surface area contributed by atoms with Crippen LogP contribution in [0.3, 0.4) is 0 Å². The third-order valence-electron chi connectivity index (χ3n) is 3.31. The number of nitrogens with zero attached hydrogens (tertiary/aromatic N) is 4. The van der Waals surface area contributed by atoms with Gasteiger partial charge in [0.15, 0.2) is 17.1 Å². The smallest absolute Gasteiger partial charge is 0.314 e. The van der Waals surface area contributed by atoms with Gasteiger partial charge < -0.3 is 13.6 Å². The highest BCUT2D eigenvalue weighted by Crippen LogP contribution is 2.46. The second-order valence-electron chi connectivity index (χ2n) is 5.14. The van der Waals surface area contributed by atoms with Crippen LogP contribution in [0, 0.1) is 0 Å². The summed E-state index contributed by atoms with van der Waals surface area (Å²) in [5.41, 5.74) is 1.10. The van der Waals surface area contributed by atoms with Crippen molar-refractivity contribution in [2.24, 2.45) is 7.05 Å². The van der Waals surface area contributed by atoms with Gasteiger partial charge in [-0.3, -0.25) is 9.36 Å². The molecule has 22 heavy (non-hydrogen) atoms. The molecule has 0 bridgehead atoms. The number of hydrogen-bond acceptors (Lipinski definition) is 7. The molecular formula is C13H19N4O4P. The van der Waals surface area contributed by atoms with Crippen molar-refractivity contribution in [3.63, 3.8) is 0 Å². The monoisotopic (exact) mass is 326 g/mol. The zero-order valence-corrected chi connectivity index (χ0v) is 14.1. The maximum Gasteiger partial charge on any atom is 0.337 e. The molecule has 0 amide bonds. The third-order valence-corrected chi connectivity index (χ3v) is 5.10. The van der Waals surface area contributed by atoms with Crippen LogP contribution in [0.4, 0.5) is 0 Å². The highest BCUT2D eigenvalue weighted by atomic mass is 31.2. The van der Waals surface area contributed by atoms with Crippen LogP contribution in [0.25, 0.3) is 11.3 Å². The van der Waals surface area contributed by atoms with Crippen molar-refractivity contribution < 1.29 is 18.4 Å². The summed E-state index contributed by atoms with van der Waals surface area (Å²) in [5, 5.41) is 0. The third kappa shape index (κ3) is 3.09. The fourth-order valence-corrected chi connectivity index (χ4v) is 3.00. The lowest BCUT2D eigenvalue weighted by Gasteiger charge is -2.12. The van der Waals surface area contributed by atoms with Crippen molar-refractivity contribution >= 4 is 24.7 Å². The first-order chi connectivity index (χ1) is 10.3. The van der Waals surface area contributed by atoms with E-state index >= 15 is 0 Å². The van der Waals surface area contributed by atoms with Crippen molar-refractivity contribution in [2.45, 2.75) is 19.8 Å². The van der Waals surface area contributed by atoms with Crippen molar-refractivity contribution in [1.82, 2.24) is 19.5 Å². The van der Waals surface area contributed by atoms with E-state index in [2.05, 4.69) is 15.0 Å².